The number of para-hydroxylation sites is 1. The Balaban J connectivity index is 1.90. The van der Waals surface area contributed by atoms with Crippen LogP contribution in [0.25, 0.3) is 10.9 Å². The molecule has 0 aliphatic carbocycles. The van der Waals surface area contributed by atoms with Crippen LogP contribution >= 0.6 is 11.3 Å². The molecular weight excluding hydrogens is 286 g/mol. The van der Waals surface area contributed by atoms with Crippen molar-refractivity contribution in [2.45, 2.75) is 13.5 Å². The van der Waals surface area contributed by atoms with Gasteiger partial charge in [-0.3, -0.25) is 0 Å². The van der Waals surface area contributed by atoms with Gasteiger partial charge in [0.15, 0.2) is 0 Å². The molecule has 0 aliphatic heterocycles. The molecule has 2 aromatic heterocycles. The third-order valence-corrected chi connectivity index (χ3v) is 4.09. The normalized spacial score (nSPS) is 10.7. The molecule has 0 saturated heterocycles. The van der Waals surface area contributed by atoms with Gasteiger partial charge in [-0.2, -0.15) is 0 Å². The number of aromatic nitrogens is 1. The number of aromatic carboxylic acids is 1. The van der Waals surface area contributed by atoms with Gasteiger partial charge >= 0.3 is 5.97 Å². The molecular formula is C16H13NO3S. The lowest BCUT2D eigenvalue weighted by Gasteiger charge is -2.09. The molecule has 0 amide bonds. The molecule has 0 aliphatic rings. The Kier molecular flexibility index (Phi) is 3.58. The highest BCUT2D eigenvalue weighted by Gasteiger charge is 2.12. The second-order valence-electron chi connectivity index (χ2n) is 4.65. The van der Waals surface area contributed by atoms with E-state index in [9.17, 15) is 4.79 Å². The second kappa shape index (κ2) is 5.54. The summed E-state index contributed by atoms with van der Waals surface area (Å²) in [5.74, 6) is -0.255. The van der Waals surface area contributed by atoms with Gasteiger partial charge in [0.25, 0.3) is 0 Å². The van der Waals surface area contributed by atoms with Crippen LogP contribution in [0.1, 0.15) is 20.9 Å². The molecule has 1 N–H and O–H groups in total. The molecule has 0 fully saturated rings. The number of ether oxygens (including phenoxy) is 1. The van der Waals surface area contributed by atoms with Crippen molar-refractivity contribution in [3.8, 4) is 5.75 Å². The van der Waals surface area contributed by atoms with E-state index in [1.54, 1.807) is 11.4 Å². The summed E-state index contributed by atoms with van der Waals surface area (Å²) < 4.78 is 5.79. The van der Waals surface area contributed by atoms with Crippen LogP contribution in [0.15, 0.2) is 41.8 Å². The monoisotopic (exact) mass is 299 g/mol. The number of rotatable bonds is 4. The second-order valence-corrected chi connectivity index (χ2v) is 5.57. The van der Waals surface area contributed by atoms with Crippen LogP contribution in [0.2, 0.25) is 0 Å². The molecule has 21 heavy (non-hydrogen) atoms. The van der Waals surface area contributed by atoms with Gasteiger partial charge in [0.2, 0.25) is 0 Å². The first kappa shape index (κ1) is 13.6. The quantitative estimate of drug-likeness (QED) is 0.794. The molecule has 2 heterocycles. The van der Waals surface area contributed by atoms with Crippen molar-refractivity contribution in [2.75, 3.05) is 0 Å². The maximum absolute atomic E-state index is 11.1. The molecule has 3 aromatic rings. The van der Waals surface area contributed by atoms with Crippen LogP contribution in [0, 0.1) is 6.92 Å². The highest BCUT2D eigenvalue weighted by Crippen LogP contribution is 2.26. The zero-order valence-electron chi connectivity index (χ0n) is 11.4. The maximum atomic E-state index is 11.1. The summed E-state index contributed by atoms with van der Waals surface area (Å²) in [5, 5.41) is 11.9. The van der Waals surface area contributed by atoms with Crippen molar-refractivity contribution in [3.63, 3.8) is 0 Å². The van der Waals surface area contributed by atoms with Gasteiger partial charge in [0.1, 0.15) is 22.8 Å². The predicted molar refractivity (Wildman–Crippen MR) is 82.1 cm³/mol. The van der Waals surface area contributed by atoms with Gasteiger partial charge in [-0.15, -0.1) is 11.3 Å². The summed E-state index contributed by atoms with van der Waals surface area (Å²) in [4.78, 5) is 15.9. The Hall–Kier alpha value is -2.40. The number of benzene rings is 1. The molecule has 3 rings (SSSR count). The number of aryl methyl sites for hydroxylation is 1. The summed E-state index contributed by atoms with van der Waals surface area (Å²) in [6.07, 6.45) is 0. The SMILES string of the molecule is Cc1ccc2cccc(OCc3ccsc3C(=O)O)c2n1. The number of carboxylic acid groups (broad SMARTS) is 1. The average Bonchev–Trinajstić information content (AvgIpc) is 2.93. The minimum atomic E-state index is -0.921. The number of hydrogen-bond acceptors (Lipinski definition) is 4. The van der Waals surface area contributed by atoms with Crippen molar-refractivity contribution < 1.29 is 14.6 Å². The molecule has 0 bridgehead atoms. The molecule has 0 saturated carbocycles. The summed E-state index contributed by atoms with van der Waals surface area (Å²) in [7, 11) is 0. The van der Waals surface area contributed by atoms with Gasteiger partial charge in [0, 0.05) is 16.6 Å². The topological polar surface area (TPSA) is 59.4 Å². The third-order valence-electron chi connectivity index (χ3n) is 3.15. The van der Waals surface area contributed by atoms with Gasteiger partial charge in [0.05, 0.1) is 0 Å². The van der Waals surface area contributed by atoms with Crippen molar-refractivity contribution in [2.24, 2.45) is 0 Å². The van der Waals surface area contributed by atoms with Crippen LogP contribution in [0.4, 0.5) is 0 Å². The van der Waals surface area contributed by atoms with Crippen molar-refractivity contribution in [3.05, 3.63) is 57.9 Å². The molecule has 0 unspecified atom stereocenters. The van der Waals surface area contributed by atoms with Crippen molar-refractivity contribution in [1.29, 1.82) is 0 Å². The lowest BCUT2D eigenvalue weighted by atomic mass is 10.2. The number of pyridine rings is 1. The Labute approximate surface area is 125 Å². The zero-order valence-corrected chi connectivity index (χ0v) is 12.2. The average molecular weight is 299 g/mol. The van der Waals surface area contributed by atoms with E-state index < -0.39 is 5.97 Å². The third kappa shape index (κ3) is 2.73. The highest BCUT2D eigenvalue weighted by molar-refractivity contribution is 7.12. The molecule has 0 atom stereocenters. The van der Waals surface area contributed by atoms with Crippen molar-refractivity contribution >= 4 is 28.2 Å². The van der Waals surface area contributed by atoms with E-state index >= 15 is 0 Å². The minimum Gasteiger partial charge on any atom is -0.487 e. The number of carbonyl (C=O) groups is 1. The number of nitrogens with zero attached hydrogens (tertiary/aromatic N) is 1. The standard InChI is InChI=1S/C16H13NO3S/c1-10-5-6-11-3-2-4-13(14(11)17-10)20-9-12-7-8-21-15(12)16(18)19/h2-8H,9H2,1H3,(H,18,19). The lowest BCUT2D eigenvalue weighted by Crippen LogP contribution is -2.02. The first-order valence-electron chi connectivity index (χ1n) is 6.44. The van der Waals surface area contributed by atoms with E-state index in [0.29, 0.717) is 16.2 Å². The summed E-state index contributed by atoms with van der Waals surface area (Å²) in [6, 6.07) is 11.5. The fraction of sp³-hybridized carbons (Fsp3) is 0.125. The summed E-state index contributed by atoms with van der Waals surface area (Å²) in [5.41, 5.74) is 2.39. The molecule has 0 spiro atoms. The number of carboxylic acids is 1. The maximum Gasteiger partial charge on any atom is 0.346 e. The Morgan fingerprint density at radius 1 is 1.29 bits per heavy atom. The van der Waals surface area contributed by atoms with Gasteiger partial charge < -0.3 is 9.84 Å². The highest BCUT2D eigenvalue weighted by atomic mass is 32.1. The van der Waals surface area contributed by atoms with Crippen molar-refractivity contribution in [1.82, 2.24) is 4.98 Å². The van der Waals surface area contributed by atoms with E-state index in [1.807, 2.05) is 37.3 Å². The van der Waals surface area contributed by atoms with Gasteiger partial charge in [-0.1, -0.05) is 18.2 Å². The predicted octanol–water partition coefficient (Wildman–Crippen LogP) is 3.88. The fourth-order valence-electron chi connectivity index (χ4n) is 2.13. The minimum absolute atomic E-state index is 0.222. The molecule has 106 valence electrons. The number of hydrogen-bond donors (Lipinski definition) is 1. The van der Waals surface area contributed by atoms with Crippen LogP contribution in [-0.4, -0.2) is 16.1 Å². The first-order valence-corrected chi connectivity index (χ1v) is 7.32. The Morgan fingerprint density at radius 3 is 2.95 bits per heavy atom. The van der Waals surface area contributed by atoms with Crippen LogP contribution in [-0.2, 0) is 6.61 Å². The Bertz CT molecular complexity index is 810. The summed E-state index contributed by atoms with van der Waals surface area (Å²) >= 11 is 1.20. The smallest absolute Gasteiger partial charge is 0.346 e. The number of thiophene rings is 1. The lowest BCUT2D eigenvalue weighted by molar-refractivity contribution is 0.0699. The molecule has 5 heteroatoms. The molecule has 4 nitrogen and oxygen atoms in total. The zero-order chi connectivity index (χ0) is 14.8. The van der Waals surface area contributed by atoms with E-state index in [0.717, 1.165) is 16.6 Å². The largest absolute Gasteiger partial charge is 0.487 e. The number of fused-ring (bicyclic) bond motifs is 1. The Morgan fingerprint density at radius 2 is 2.14 bits per heavy atom. The van der Waals surface area contributed by atoms with E-state index in [-0.39, 0.29) is 6.61 Å². The van der Waals surface area contributed by atoms with Gasteiger partial charge in [-0.25, -0.2) is 9.78 Å². The van der Waals surface area contributed by atoms with E-state index in [4.69, 9.17) is 9.84 Å². The molecule has 0 radical (unpaired) electrons. The van der Waals surface area contributed by atoms with E-state index in [1.165, 1.54) is 11.3 Å². The van der Waals surface area contributed by atoms with Crippen LogP contribution < -0.4 is 4.74 Å². The van der Waals surface area contributed by atoms with Gasteiger partial charge in [-0.05, 0) is 30.5 Å². The van der Waals surface area contributed by atoms with Crippen LogP contribution in [0.3, 0.4) is 0 Å². The first-order chi connectivity index (χ1) is 10.1. The summed E-state index contributed by atoms with van der Waals surface area (Å²) in [6.45, 7) is 2.15. The van der Waals surface area contributed by atoms with Crippen LogP contribution in [0.5, 0.6) is 5.75 Å². The fourth-order valence-corrected chi connectivity index (χ4v) is 2.87. The van der Waals surface area contributed by atoms with E-state index in [2.05, 4.69) is 4.98 Å². The molecule has 1 aromatic carbocycles.